The summed E-state index contributed by atoms with van der Waals surface area (Å²) < 4.78 is 11.4. The second kappa shape index (κ2) is 5.51. The van der Waals surface area contributed by atoms with E-state index < -0.39 is 0 Å². The fourth-order valence-corrected chi connectivity index (χ4v) is 4.69. The third-order valence-corrected chi connectivity index (χ3v) is 5.64. The number of hydrogen-bond donors (Lipinski definition) is 0. The molecule has 0 spiro atoms. The molecule has 0 aromatic rings. The fraction of sp³-hybridized carbons (Fsp3) is 0.824. The molecular formula is C17H26O3. The van der Waals surface area contributed by atoms with Crippen molar-refractivity contribution in [3.63, 3.8) is 0 Å². The zero-order valence-electron chi connectivity index (χ0n) is 12.6. The average Bonchev–Trinajstić information content (AvgIpc) is 2.47. The molecule has 0 bridgehead atoms. The zero-order valence-corrected chi connectivity index (χ0v) is 12.6. The molecule has 20 heavy (non-hydrogen) atoms. The third kappa shape index (κ3) is 2.41. The molecule has 1 saturated heterocycles. The Labute approximate surface area is 121 Å². The van der Waals surface area contributed by atoms with Crippen molar-refractivity contribution in [1.29, 1.82) is 0 Å². The Hall–Kier alpha value is -0.830. The maximum atomic E-state index is 11.8. The lowest BCUT2D eigenvalue weighted by Crippen LogP contribution is -2.56. The number of carbonyl (C=O) groups is 1. The smallest absolute Gasteiger partial charge is 0.308 e. The molecule has 0 aromatic heterocycles. The van der Waals surface area contributed by atoms with E-state index in [-0.39, 0.29) is 11.6 Å². The lowest BCUT2D eigenvalue weighted by Gasteiger charge is -2.54. The van der Waals surface area contributed by atoms with Gasteiger partial charge in [-0.05, 0) is 50.4 Å². The summed E-state index contributed by atoms with van der Waals surface area (Å²) >= 11 is 0. The van der Waals surface area contributed by atoms with Crippen LogP contribution in [0, 0.1) is 17.8 Å². The average molecular weight is 278 g/mol. The quantitative estimate of drug-likeness (QED) is 0.573. The predicted molar refractivity (Wildman–Crippen MR) is 77.2 cm³/mol. The van der Waals surface area contributed by atoms with Crippen LogP contribution in [-0.4, -0.2) is 24.8 Å². The highest BCUT2D eigenvalue weighted by molar-refractivity contribution is 5.70. The summed E-state index contributed by atoms with van der Waals surface area (Å²) in [6, 6.07) is 0. The van der Waals surface area contributed by atoms with Crippen LogP contribution in [0.4, 0.5) is 0 Å². The largest absolute Gasteiger partial charge is 0.469 e. The van der Waals surface area contributed by atoms with Gasteiger partial charge in [-0.1, -0.05) is 25.0 Å². The minimum atomic E-state index is -0.346. The van der Waals surface area contributed by atoms with Crippen molar-refractivity contribution in [2.24, 2.45) is 17.8 Å². The van der Waals surface area contributed by atoms with E-state index in [0.717, 1.165) is 19.3 Å². The number of hydrogen-bond acceptors (Lipinski definition) is 3. The first kappa shape index (κ1) is 14.1. The number of esters is 1. The highest BCUT2D eigenvalue weighted by Crippen LogP contribution is 2.51. The van der Waals surface area contributed by atoms with Crippen LogP contribution in [0.5, 0.6) is 0 Å². The topological polar surface area (TPSA) is 35.5 Å². The molecule has 2 fully saturated rings. The number of rotatable bonds is 2. The molecule has 1 saturated carbocycles. The molecule has 0 radical (unpaired) electrons. The molecule has 3 rings (SSSR count). The van der Waals surface area contributed by atoms with Crippen molar-refractivity contribution in [2.45, 2.75) is 63.6 Å². The monoisotopic (exact) mass is 278 g/mol. The Morgan fingerprint density at radius 1 is 1.35 bits per heavy atom. The van der Waals surface area contributed by atoms with Gasteiger partial charge in [0.15, 0.2) is 0 Å². The molecule has 5 atom stereocenters. The standard InChI is InChI=1S/C17H26O3/c1-17(11-16(18)19-2)14-9-5-3-7-12(14)13-8-4-6-10-15(13)20-17/h3,7,12-15H,4-6,8-11H2,1-2H3/t12-,13-,14+,15+,17+/m1/s1. The number of ether oxygens (including phenoxy) is 2. The Kier molecular flexibility index (Phi) is 3.89. The molecule has 3 nitrogen and oxygen atoms in total. The van der Waals surface area contributed by atoms with E-state index in [9.17, 15) is 4.79 Å². The Morgan fingerprint density at radius 3 is 2.95 bits per heavy atom. The van der Waals surface area contributed by atoms with Crippen molar-refractivity contribution >= 4 is 5.97 Å². The minimum Gasteiger partial charge on any atom is -0.469 e. The molecule has 0 aromatic carbocycles. The van der Waals surface area contributed by atoms with Crippen molar-refractivity contribution in [3.05, 3.63) is 12.2 Å². The molecular weight excluding hydrogens is 252 g/mol. The first-order valence-corrected chi connectivity index (χ1v) is 8.05. The first-order chi connectivity index (χ1) is 9.64. The summed E-state index contributed by atoms with van der Waals surface area (Å²) in [5, 5.41) is 0. The van der Waals surface area contributed by atoms with E-state index in [1.165, 1.54) is 26.4 Å². The molecule has 0 N–H and O–H groups in total. The lowest BCUT2D eigenvalue weighted by molar-refractivity contribution is -0.213. The summed E-state index contributed by atoms with van der Waals surface area (Å²) in [6.07, 6.45) is 12.7. The maximum absolute atomic E-state index is 11.8. The number of fused-ring (bicyclic) bond motifs is 3. The minimum absolute atomic E-state index is 0.143. The van der Waals surface area contributed by atoms with Gasteiger partial charge in [0.2, 0.25) is 0 Å². The van der Waals surface area contributed by atoms with Gasteiger partial charge in [-0.25, -0.2) is 0 Å². The zero-order chi connectivity index (χ0) is 14.2. The van der Waals surface area contributed by atoms with E-state index in [0.29, 0.717) is 30.3 Å². The van der Waals surface area contributed by atoms with Crippen molar-refractivity contribution in [3.8, 4) is 0 Å². The van der Waals surface area contributed by atoms with Crippen LogP contribution in [0.25, 0.3) is 0 Å². The lowest BCUT2D eigenvalue weighted by atomic mass is 9.61. The third-order valence-electron chi connectivity index (χ3n) is 5.64. The van der Waals surface area contributed by atoms with E-state index in [2.05, 4.69) is 19.1 Å². The van der Waals surface area contributed by atoms with Gasteiger partial charge in [-0.2, -0.15) is 0 Å². The van der Waals surface area contributed by atoms with Crippen LogP contribution >= 0.6 is 0 Å². The van der Waals surface area contributed by atoms with Crippen LogP contribution in [0.3, 0.4) is 0 Å². The van der Waals surface area contributed by atoms with E-state index in [1.807, 2.05) is 0 Å². The molecule has 1 aliphatic heterocycles. The predicted octanol–water partition coefficient (Wildman–Crippen LogP) is 3.48. The second-order valence-corrected chi connectivity index (χ2v) is 6.86. The molecule has 0 amide bonds. The molecule has 3 aliphatic rings. The van der Waals surface area contributed by atoms with Gasteiger partial charge in [0.1, 0.15) is 0 Å². The van der Waals surface area contributed by atoms with Crippen LogP contribution in [0.1, 0.15) is 51.9 Å². The molecule has 0 unspecified atom stereocenters. The van der Waals surface area contributed by atoms with E-state index in [1.54, 1.807) is 0 Å². The van der Waals surface area contributed by atoms with Crippen molar-refractivity contribution < 1.29 is 14.3 Å². The molecule has 2 aliphatic carbocycles. The van der Waals surface area contributed by atoms with Gasteiger partial charge < -0.3 is 9.47 Å². The molecule has 112 valence electrons. The summed E-state index contributed by atoms with van der Waals surface area (Å²) in [5.74, 6) is 1.58. The van der Waals surface area contributed by atoms with E-state index in [4.69, 9.17) is 9.47 Å². The van der Waals surface area contributed by atoms with Gasteiger partial charge in [0.25, 0.3) is 0 Å². The van der Waals surface area contributed by atoms with Gasteiger partial charge in [0, 0.05) is 0 Å². The van der Waals surface area contributed by atoms with Gasteiger partial charge in [-0.3, -0.25) is 4.79 Å². The van der Waals surface area contributed by atoms with Crippen LogP contribution < -0.4 is 0 Å². The Balaban J connectivity index is 1.87. The van der Waals surface area contributed by atoms with Gasteiger partial charge >= 0.3 is 5.97 Å². The number of carbonyl (C=O) groups excluding carboxylic acids is 1. The summed E-state index contributed by atoms with van der Waals surface area (Å²) in [5.41, 5.74) is -0.346. The number of methoxy groups -OCH3 is 1. The highest BCUT2D eigenvalue weighted by Gasteiger charge is 2.52. The maximum Gasteiger partial charge on any atom is 0.308 e. The fourth-order valence-electron chi connectivity index (χ4n) is 4.69. The summed E-state index contributed by atoms with van der Waals surface area (Å²) in [4.78, 5) is 11.8. The van der Waals surface area contributed by atoms with Gasteiger partial charge in [-0.15, -0.1) is 0 Å². The van der Waals surface area contributed by atoms with Crippen LogP contribution in [0.15, 0.2) is 12.2 Å². The normalized spacial score (nSPS) is 43.5. The first-order valence-electron chi connectivity index (χ1n) is 8.05. The van der Waals surface area contributed by atoms with Gasteiger partial charge in [0.05, 0.1) is 25.2 Å². The highest BCUT2D eigenvalue weighted by atomic mass is 16.5. The molecule has 3 heteroatoms. The summed E-state index contributed by atoms with van der Waals surface area (Å²) in [7, 11) is 1.47. The van der Waals surface area contributed by atoms with Crippen molar-refractivity contribution in [2.75, 3.05) is 7.11 Å². The SMILES string of the molecule is COC(=O)C[C@]1(C)O[C@H]2CCCC[C@@H]2[C@H]2C=CCC[C@@H]21. The Morgan fingerprint density at radius 2 is 2.15 bits per heavy atom. The van der Waals surface area contributed by atoms with Crippen LogP contribution in [-0.2, 0) is 14.3 Å². The second-order valence-electron chi connectivity index (χ2n) is 6.86. The number of allylic oxidation sites excluding steroid dienone is 2. The van der Waals surface area contributed by atoms with Crippen LogP contribution in [0.2, 0.25) is 0 Å². The Bertz CT molecular complexity index is 403. The van der Waals surface area contributed by atoms with Crippen molar-refractivity contribution in [1.82, 2.24) is 0 Å². The molecule has 1 heterocycles. The van der Waals surface area contributed by atoms with E-state index >= 15 is 0 Å². The summed E-state index contributed by atoms with van der Waals surface area (Å²) in [6.45, 7) is 2.13.